The van der Waals surface area contributed by atoms with Crippen LogP contribution in [0.3, 0.4) is 0 Å². The highest BCUT2D eigenvalue weighted by molar-refractivity contribution is 6.35. The van der Waals surface area contributed by atoms with Crippen LogP contribution in [0, 0.1) is 5.92 Å². The molecule has 4 amide bonds. The number of ether oxygens (including phenoxy) is 6. The molecule has 2 fully saturated rings. The molecule has 8 N–H and O–H groups in total. The third-order valence-electron chi connectivity index (χ3n) is 9.64. The Kier molecular flexibility index (Phi) is 14.9. The number of nitrogens with zero attached hydrogens (tertiary/aromatic N) is 1. The lowest BCUT2D eigenvalue weighted by Gasteiger charge is -2.46. The molecule has 4 rings (SSSR count). The number of nitrogens with two attached hydrogens (primary N) is 1. The molecule has 0 saturated carbocycles. The Morgan fingerprint density at radius 1 is 1.16 bits per heavy atom. The first-order valence-electron chi connectivity index (χ1n) is 17.9. The number of carbonyl (C=O) groups is 5. The average Bonchev–Trinajstić information content (AvgIpc) is 3.12. The van der Waals surface area contributed by atoms with Crippen molar-refractivity contribution in [3.8, 4) is 5.75 Å². The molecule has 0 spiro atoms. The number of halogens is 1. The molecule has 3 heterocycles. The number of phenols is 1. The van der Waals surface area contributed by atoms with Crippen molar-refractivity contribution >= 4 is 47.4 Å². The fourth-order valence-corrected chi connectivity index (χ4v) is 7.02. The second-order valence-electron chi connectivity index (χ2n) is 14.0. The normalized spacial score (nSPS) is 31.2. The van der Waals surface area contributed by atoms with Crippen molar-refractivity contribution in [1.82, 2.24) is 10.6 Å². The second kappa shape index (κ2) is 19.0. The molecule has 10 atom stereocenters. The Labute approximate surface area is 333 Å². The number of benzene rings is 1. The van der Waals surface area contributed by atoms with Crippen LogP contribution in [-0.2, 0) is 44.4 Å². The zero-order valence-electron chi connectivity index (χ0n) is 32.2. The third kappa shape index (κ3) is 10.9. The van der Waals surface area contributed by atoms with Crippen molar-refractivity contribution in [2.75, 3.05) is 25.7 Å². The van der Waals surface area contributed by atoms with Crippen molar-refractivity contribution in [3.05, 3.63) is 58.2 Å². The molecular weight excluding hydrogens is 776 g/mol. The van der Waals surface area contributed by atoms with Gasteiger partial charge in [-0.2, -0.15) is 0 Å². The van der Waals surface area contributed by atoms with Gasteiger partial charge in [-0.05, 0) is 43.5 Å². The quantitative estimate of drug-likeness (QED) is 0.122. The van der Waals surface area contributed by atoms with Crippen LogP contribution in [0.2, 0.25) is 5.02 Å². The predicted molar refractivity (Wildman–Crippen MR) is 200 cm³/mol. The van der Waals surface area contributed by atoms with E-state index in [1.807, 2.05) is 0 Å². The first-order chi connectivity index (χ1) is 26.8. The molecule has 3 aliphatic heterocycles. The van der Waals surface area contributed by atoms with Gasteiger partial charge in [-0.3, -0.25) is 19.8 Å². The number of primary amides is 1. The van der Waals surface area contributed by atoms with E-state index in [0.29, 0.717) is 11.1 Å². The number of aromatic hydroxyl groups is 1. The summed E-state index contributed by atoms with van der Waals surface area (Å²) in [6, 6.07) is 2.77. The molecule has 57 heavy (non-hydrogen) atoms. The molecule has 2 saturated heterocycles. The van der Waals surface area contributed by atoms with E-state index in [1.165, 1.54) is 26.3 Å². The molecule has 20 heteroatoms. The van der Waals surface area contributed by atoms with Gasteiger partial charge in [-0.1, -0.05) is 48.4 Å². The highest BCUT2D eigenvalue weighted by atomic mass is 35.5. The maximum atomic E-state index is 14.7. The molecule has 1 aromatic carbocycles. The van der Waals surface area contributed by atoms with E-state index in [4.69, 9.17) is 45.8 Å². The minimum Gasteiger partial charge on any atom is -0.506 e. The summed E-state index contributed by atoms with van der Waals surface area (Å²) in [7, 11) is 2.66. The topological polar surface area (TPSA) is 275 Å². The number of alkyl carbamates (subject to hydrolysis) is 2. The van der Waals surface area contributed by atoms with Gasteiger partial charge in [0.05, 0.1) is 12.1 Å². The number of hydrogen-bond donors (Lipinski definition) is 7. The molecule has 314 valence electrons. The Balaban J connectivity index is 1.93. The first kappa shape index (κ1) is 44.8. The van der Waals surface area contributed by atoms with Gasteiger partial charge >= 0.3 is 24.2 Å². The van der Waals surface area contributed by atoms with Gasteiger partial charge in [-0.15, -0.1) is 0 Å². The Morgan fingerprint density at radius 2 is 1.86 bits per heavy atom. The van der Waals surface area contributed by atoms with Crippen molar-refractivity contribution in [2.45, 2.75) is 102 Å². The second-order valence-corrected chi connectivity index (χ2v) is 14.4. The van der Waals surface area contributed by atoms with Crippen molar-refractivity contribution in [1.29, 1.82) is 0 Å². The lowest BCUT2D eigenvalue weighted by atomic mass is 9.89. The van der Waals surface area contributed by atoms with Crippen LogP contribution >= 0.6 is 11.6 Å². The van der Waals surface area contributed by atoms with Crippen LogP contribution in [-0.4, -0.2) is 126 Å². The molecule has 10 unspecified atom stereocenters. The molecule has 1 aromatic rings. The largest absolute Gasteiger partial charge is 0.506 e. The summed E-state index contributed by atoms with van der Waals surface area (Å²) < 4.78 is 32.9. The number of carbonyl (C=O) groups excluding carboxylic acids is 5. The fraction of sp³-hybridized carbons (Fsp3) is 0.541. The molecule has 4 bridgehead atoms. The van der Waals surface area contributed by atoms with Crippen LogP contribution in [0.4, 0.5) is 20.1 Å². The number of fused-ring (bicyclic) bond motifs is 4. The van der Waals surface area contributed by atoms with E-state index in [9.17, 15) is 44.4 Å². The number of nitrogens with one attached hydrogen (secondary N) is 2. The SMILES string of the molecule is CNC(=O)OC1CC(=O)N(C2OC(COC(C)=O)C(OC(N)=O)C(O)C2O)c2cc(cc(O)c2Cl)CC(C)=CC=CC(OC)C2(O)CC(OC(=O)N2)C(C)C=C1C. The number of anilines is 1. The van der Waals surface area contributed by atoms with E-state index >= 15 is 0 Å². The third-order valence-corrected chi connectivity index (χ3v) is 10.0. The summed E-state index contributed by atoms with van der Waals surface area (Å²) in [4.78, 5) is 64.6. The minimum absolute atomic E-state index is 0.138. The van der Waals surface area contributed by atoms with Crippen LogP contribution in [0.1, 0.15) is 46.1 Å². The maximum Gasteiger partial charge on any atom is 0.409 e. The molecule has 3 aliphatic rings. The zero-order valence-corrected chi connectivity index (χ0v) is 32.9. The number of aliphatic hydroxyl groups excluding tert-OH is 2. The van der Waals surface area contributed by atoms with E-state index in [0.717, 1.165) is 11.8 Å². The zero-order chi connectivity index (χ0) is 42.4. The summed E-state index contributed by atoms with van der Waals surface area (Å²) >= 11 is 6.68. The summed E-state index contributed by atoms with van der Waals surface area (Å²) in [5, 5.41) is 49.9. The molecule has 0 aromatic heterocycles. The smallest absolute Gasteiger partial charge is 0.409 e. The van der Waals surface area contributed by atoms with E-state index in [2.05, 4.69) is 10.6 Å². The fourth-order valence-electron chi connectivity index (χ4n) is 6.82. The van der Waals surface area contributed by atoms with Crippen molar-refractivity contribution in [3.63, 3.8) is 0 Å². The van der Waals surface area contributed by atoms with Gasteiger partial charge in [0.25, 0.3) is 0 Å². The summed E-state index contributed by atoms with van der Waals surface area (Å²) in [6.45, 7) is 5.44. The van der Waals surface area contributed by atoms with Crippen LogP contribution < -0.4 is 21.3 Å². The Morgan fingerprint density at radius 3 is 2.49 bits per heavy atom. The van der Waals surface area contributed by atoms with Gasteiger partial charge in [-0.25, -0.2) is 14.4 Å². The standard InChI is InChI=1S/C37H49ClN4O15/c1-17-8-7-9-27(52-6)37(51)15-25(56-36(50)41-37)19(3)11-18(2)24(55-35(49)40-5)14-28(45)42(22-12-21(10-17)13-23(44)29(22)38)33-31(47)30(46)32(57-34(39)48)26(54-33)16-53-20(4)43/h7-9,11-13,19,24-27,30-33,44,46-47,51H,10,14-16H2,1-6H3,(H2,39,48)(H,40,49)(H,41,50). The number of hydrogen-bond acceptors (Lipinski definition) is 15. The lowest BCUT2D eigenvalue weighted by Crippen LogP contribution is -2.65. The van der Waals surface area contributed by atoms with Crippen LogP contribution in [0.25, 0.3) is 0 Å². The lowest BCUT2D eigenvalue weighted by molar-refractivity contribution is -0.230. The van der Waals surface area contributed by atoms with Gasteiger partial charge in [0.15, 0.2) is 18.1 Å². The highest BCUT2D eigenvalue weighted by Gasteiger charge is 2.51. The number of rotatable bonds is 6. The minimum atomic E-state index is -2.06. The van der Waals surface area contributed by atoms with E-state index < -0.39 is 110 Å². The monoisotopic (exact) mass is 824 g/mol. The molecule has 0 radical (unpaired) electrons. The van der Waals surface area contributed by atoms with Crippen molar-refractivity contribution < 1.29 is 72.8 Å². The first-order valence-corrected chi connectivity index (χ1v) is 18.2. The number of phenolic OH excluding ortho intramolecular Hbond substituents is 1. The van der Waals surface area contributed by atoms with E-state index in [-0.39, 0.29) is 29.1 Å². The number of amides is 4. The highest BCUT2D eigenvalue weighted by Crippen LogP contribution is 2.40. The maximum absolute atomic E-state index is 14.7. The number of aliphatic hydroxyl groups is 3. The van der Waals surface area contributed by atoms with Gasteiger partial charge in [0.1, 0.15) is 54.0 Å². The molecule has 0 aliphatic carbocycles. The van der Waals surface area contributed by atoms with Crippen molar-refractivity contribution in [2.24, 2.45) is 11.7 Å². The summed E-state index contributed by atoms with van der Waals surface area (Å²) in [5.41, 5.74) is 4.47. The number of allylic oxidation sites excluding steroid dienone is 3. The van der Waals surface area contributed by atoms with Gasteiger partial charge in [0.2, 0.25) is 5.91 Å². The predicted octanol–water partition coefficient (Wildman–Crippen LogP) is 1.81. The summed E-state index contributed by atoms with van der Waals surface area (Å²) in [5.74, 6) is -2.84. The molecular formula is C37H49ClN4O15. The van der Waals surface area contributed by atoms with Crippen LogP contribution in [0.5, 0.6) is 5.75 Å². The Hall–Kier alpha value is -4.92. The number of esters is 1. The Bertz CT molecular complexity index is 1790. The van der Waals surface area contributed by atoms with E-state index in [1.54, 1.807) is 45.1 Å². The number of methoxy groups -OCH3 is 1. The average molecular weight is 825 g/mol. The van der Waals surface area contributed by atoms with Gasteiger partial charge in [0, 0.05) is 33.4 Å². The van der Waals surface area contributed by atoms with Gasteiger partial charge < -0.3 is 59.9 Å². The summed E-state index contributed by atoms with van der Waals surface area (Å²) in [6.07, 6.45) is -9.89. The van der Waals surface area contributed by atoms with Crippen LogP contribution in [0.15, 0.2) is 47.6 Å². The molecule has 19 nitrogen and oxygen atoms in total.